The van der Waals surface area contributed by atoms with E-state index in [-0.39, 0.29) is 11.9 Å². The van der Waals surface area contributed by atoms with Crippen molar-refractivity contribution in [3.63, 3.8) is 0 Å². The minimum Gasteiger partial charge on any atom is -0.497 e. The zero-order chi connectivity index (χ0) is 13.7. The Bertz CT molecular complexity index is 492. The molecule has 1 aromatic rings. The van der Waals surface area contributed by atoms with Gasteiger partial charge >= 0.3 is 0 Å². The Balaban J connectivity index is 3.13. The van der Waals surface area contributed by atoms with Gasteiger partial charge in [-0.1, -0.05) is 6.58 Å². The summed E-state index contributed by atoms with van der Waals surface area (Å²) in [5.74, 6) is 0.750. The molecular formula is C12H17N5O. The van der Waals surface area contributed by atoms with Gasteiger partial charge in [-0.05, 0) is 26.0 Å². The number of aliphatic imine (C=N–C) groups is 1. The molecule has 0 unspecified atom stereocenters. The van der Waals surface area contributed by atoms with Crippen molar-refractivity contribution in [3.8, 4) is 0 Å². The third kappa shape index (κ3) is 3.58. The van der Waals surface area contributed by atoms with Crippen molar-refractivity contribution in [3.05, 3.63) is 35.4 Å². The van der Waals surface area contributed by atoms with Crippen LogP contribution in [0.5, 0.6) is 0 Å². The lowest BCUT2D eigenvalue weighted by atomic mass is 10.1. The molecule has 0 saturated heterocycles. The maximum atomic E-state index is 5.28. The van der Waals surface area contributed by atoms with Crippen LogP contribution in [0.15, 0.2) is 23.4 Å². The predicted molar refractivity (Wildman–Crippen MR) is 72.2 cm³/mol. The zero-order valence-corrected chi connectivity index (χ0v) is 10.8. The monoisotopic (exact) mass is 247 g/mol. The molecule has 0 spiro atoms. The molecule has 0 saturated carbocycles. The molecular weight excluding hydrogens is 230 g/mol. The second kappa shape index (κ2) is 5.81. The van der Waals surface area contributed by atoms with E-state index in [4.69, 9.17) is 16.2 Å². The van der Waals surface area contributed by atoms with Gasteiger partial charge in [-0.15, -0.1) is 0 Å². The summed E-state index contributed by atoms with van der Waals surface area (Å²) in [6.45, 7) is 7.41. The topological polar surface area (TPSA) is 99.4 Å². The summed E-state index contributed by atoms with van der Waals surface area (Å²) in [4.78, 5) is 12.2. The number of aryl methyl sites for hydroxylation is 2. The molecule has 0 aliphatic rings. The number of hydrogen-bond acceptors (Lipinski definition) is 4. The Morgan fingerprint density at radius 1 is 1.28 bits per heavy atom. The largest absolute Gasteiger partial charge is 0.497 e. The van der Waals surface area contributed by atoms with Crippen LogP contribution in [0.2, 0.25) is 0 Å². The Morgan fingerprint density at radius 3 is 2.28 bits per heavy atom. The summed E-state index contributed by atoms with van der Waals surface area (Å²) in [5, 5.41) is 0. The first kappa shape index (κ1) is 13.7. The summed E-state index contributed by atoms with van der Waals surface area (Å²) in [6.07, 6.45) is 3.59. The first-order valence-electron chi connectivity index (χ1n) is 5.30. The average molecular weight is 247 g/mol. The van der Waals surface area contributed by atoms with Crippen LogP contribution in [0.25, 0.3) is 6.08 Å². The standard InChI is InChI=1S/C12H17N5O/c1-7(18-4)5-6-10-8(2)15-12(16-9(10)3)17-11(13)14/h5-6H,1H2,2-4H3,(H4,13,14,15,16,17)/b6-5-. The smallest absolute Gasteiger partial charge is 0.253 e. The molecule has 18 heavy (non-hydrogen) atoms. The molecule has 0 atom stereocenters. The predicted octanol–water partition coefficient (Wildman–Crippen LogP) is 1.17. The number of nitrogens with zero attached hydrogens (tertiary/aromatic N) is 3. The van der Waals surface area contributed by atoms with E-state index in [1.807, 2.05) is 19.9 Å². The van der Waals surface area contributed by atoms with Crippen LogP contribution in [0.3, 0.4) is 0 Å². The fourth-order valence-electron chi connectivity index (χ4n) is 1.36. The van der Waals surface area contributed by atoms with Crippen LogP contribution >= 0.6 is 0 Å². The van der Waals surface area contributed by atoms with Gasteiger partial charge in [0.25, 0.3) is 5.95 Å². The van der Waals surface area contributed by atoms with Gasteiger partial charge in [-0.3, -0.25) is 0 Å². The van der Waals surface area contributed by atoms with E-state index in [1.165, 1.54) is 0 Å². The zero-order valence-electron chi connectivity index (χ0n) is 10.8. The molecule has 4 N–H and O–H groups in total. The molecule has 96 valence electrons. The highest BCUT2D eigenvalue weighted by atomic mass is 16.5. The van der Waals surface area contributed by atoms with Crippen molar-refractivity contribution in [2.45, 2.75) is 13.8 Å². The number of nitrogens with two attached hydrogens (primary N) is 2. The molecule has 1 rings (SSSR count). The molecule has 0 fully saturated rings. The van der Waals surface area contributed by atoms with E-state index in [0.717, 1.165) is 17.0 Å². The normalized spacial score (nSPS) is 10.4. The van der Waals surface area contributed by atoms with Crippen LogP contribution < -0.4 is 11.5 Å². The van der Waals surface area contributed by atoms with Crippen molar-refractivity contribution in [1.82, 2.24) is 9.97 Å². The van der Waals surface area contributed by atoms with Crippen molar-refractivity contribution in [2.75, 3.05) is 7.11 Å². The number of ether oxygens (including phenoxy) is 1. The lowest BCUT2D eigenvalue weighted by Crippen LogP contribution is -2.22. The van der Waals surface area contributed by atoms with Crippen molar-refractivity contribution in [1.29, 1.82) is 0 Å². The molecule has 6 heteroatoms. The molecule has 0 amide bonds. The molecule has 0 aromatic carbocycles. The van der Waals surface area contributed by atoms with Crippen molar-refractivity contribution >= 4 is 18.0 Å². The highest BCUT2D eigenvalue weighted by Gasteiger charge is 2.05. The number of aromatic nitrogens is 2. The molecule has 0 aliphatic carbocycles. The van der Waals surface area contributed by atoms with Gasteiger partial charge in [0.2, 0.25) is 0 Å². The van der Waals surface area contributed by atoms with E-state index in [1.54, 1.807) is 13.2 Å². The summed E-state index contributed by atoms with van der Waals surface area (Å²) in [5.41, 5.74) is 13.0. The third-order valence-corrected chi connectivity index (χ3v) is 2.24. The lowest BCUT2D eigenvalue weighted by molar-refractivity contribution is 0.309. The highest BCUT2D eigenvalue weighted by Crippen LogP contribution is 2.16. The lowest BCUT2D eigenvalue weighted by Gasteiger charge is -2.05. The second-order valence-corrected chi connectivity index (χ2v) is 3.65. The van der Waals surface area contributed by atoms with Crippen molar-refractivity contribution < 1.29 is 4.74 Å². The number of methoxy groups -OCH3 is 1. The SMILES string of the molecule is C=C(/C=C\c1c(C)nc(N=C(N)N)nc1C)OC. The third-order valence-electron chi connectivity index (χ3n) is 2.24. The Kier molecular flexibility index (Phi) is 4.42. The van der Waals surface area contributed by atoms with Crippen LogP contribution in [-0.4, -0.2) is 23.0 Å². The highest BCUT2D eigenvalue weighted by molar-refractivity contribution is 5.78. The molecule has 1 heterocycles. The van der Waals surface area contributed by atoms with Gasteiger partial charge in [-0.25, -0.2) is 9.97 Å². The number of allylic oxidation sites excluding steroid dienone is 1. The van der Waals surface area contributed by atoms with Gasteiger partial charge in [0, 0.05) is 5.56 Å². The van der Waals surface area contributed by atoms with E-state index in [9.17, 15) is 0 Å². The first-order valence-corrected chi connectivity index (χ1v) is 5.30. The molecule has 6 nitrogen and oxygen atoms in total. The van der Waals surface area contributed by atoms with E-state index >= 15 is 0 Å². The maximum Gasteiger partial charge on any atom is 0.253 e. The quantitative estimate of drug-likeness (QED) is 0.360. The van der Waals surface area contributed by atoms with Gasteiger partial charge in [0.05, 0.1) is 18.5 Å². The maximum absolute atomic E-state index is 5.28. The molecule has 1 aromatic heterocycles. The molecule has 0 radical (unpaired) electrons. The Morgan fingerprint density at radius 2 is 1.83 bits per heavy atom. The molecule has 0 bridgehead atoms. The summed E-state index contributed by atoms with van der Waals surface area (Å²) in [6, 6.07) is 0. The summed E-state index contributed by atoms with van der Waals surface area (Å²) in [7, 11) is 1.56. The van der Waals surface area contributed by atoms with E-state index in [2.05, 4.69) is 21.5 Å². The van der Waals surface area contributed by atoms with Gasteiger partial charge in [0.15, 0.2) is 5.96 Å². The summed E-state index contributed by atoms with van der Waals surface area (Å²) >= 11 is 0. The van der Waals surface area contributed by atoms with Crippen LogP contribution in [0.4, 0.5) is 5.95 Å². The number of rotatable bonds is 4. The fraction of sp³-hybridized carbons (Fsp3) is 0.250. The van der Waals surface area contributed by atoms with Crippen LogP contribution in [0.1, 0.15) is 17.0 Å². The Hall–Kier alpha value is -2.37. The van der Waals surface area contributed by atoms with Crippen LogP contribution in [0, 0.1) is 13.8 Å². The van der Waals surface area contributed by atoms with E-state index < -0.39 is 0 Å². The molecule has 0 aliphatic heterocycles. The Labute approximate surface area is 106 Å². The fourth-order valence-corrected chi connectivity index (χ4v) is 1.36. The van der Waals surface area contributed by atoms with E-state index in [0.29, 0.717) is 5.76 Å². The van der Waals surface area contributed by atoms with Crippen LogP contribution in [-0.2, 0) is 4.74 Å². The number of guanidine groups is 1. The second-order valence-electron chi connectivity index (χ2n) is 3.65. The average Bonchev–Trinajstić information content (AvgIpc) is 2.26. The minimum atomic E-state index is -0.0650. The van der Waals surface area contributed by atoms with Gasteiger partial charge in [0.1, 0.15) is 5.76 Å². The number of hydrogen-bond donors (Lipinski definition) is 2. The summed E-state index contributed by atoms with van der Waals surface area (Å²) < 4.78 is 4.95. The van der Waals surface area contributed by atoms with Gasteiger partial charge < -0.3 is 16.2 Å². The first-order chi connectivity index (χ1) is 8.43. The van der Waals surface area contributed by atoms with Crippen molar-refractivity contribution in [2.24, 2.45) is 16.5 Å². The minimum absolute atomic E-state index is 0.0650. The van der Waals surface area contributed by atoms with Gasteiger partial charge in [-0.2, -0.15) is 4.99 Å².